The molecule has 1 aromatic heterocycles. The normalized spacial score (nSPS) is 11.1. The molecule has 2 aromatic carbocycles. The molecule has 0 unspecified atom stereocenters. The number of para-hydroxylation sites is 1. The molecule has 3 rings (SSSR count). The van der Waals surface area contributed by atoms with Gasteiger partial charge in [-0.15, -0.1) is 0 Å². The van der Waals surface area contributed by atoms with E-state index < -0.39 is 0 Å². The van der Waals surface area contributed by atoms with E-state index in [-0.39, 0.29) is 11.5 Å². The predicted octanol–water partition coefficient (Wildman–Crippen LogP) is 3.76. The molecule has 0 spiro atoms. The zero-order valence-corrected chi connectivity index (χ0v) is 12.2. The Balaban J connectivity index is 1.87. The fraction of sp³-hybridized carbons (Fsp3) is 0.111. The third-order valence-corrected chi connectivity index (χ3v) is 3.16. The first-order valence-electron chi connectivity index (χ1n) is 7.07. The molecule has 0 bridgehead atoms. The average molecular weight is 293 g/mol. The lowest BCUT2D eigenvalue weighted by molar-refractivity contribution is 0.340. The van der Waals surface area contributed by atoms with Crippen LogP contribution in [0.4, 0.5) is 0 Å². The van der Waals surface area contributed by atoms with Gasteiger partial charge in [-0.1, -0.05) is 24.3 Å². The van der Waals surface area contributed by atoms with Crippen molar-refractivity contribution < 1.29 is 9.15 Å². The van der Waals surface area contributed by atoms with Gasteiger partial charge in [0.05, 0.1) is 17.5 Å². The van der Waals surface area contributed by atoms with E-state index in [4.69, 9.17) is 9.15 Å². The van der Waals surface area contributed by atoms with Crippen molar-refractivity contribution in [1.29, 1.82) is 0 Å². The van der Waals surface area contributed by atoms with Gasteiger partial charge in [-0.05, 0) is 42.8 Å². The highest BCUT2D eigenvalue weighted by atomic mass is 16.5. The van der Waals surface area contributed by atoms with Crippen LogP contribution in [0.2, 0.25) is 0 Å². The Morgan fingerprint density at radius 1 is 1.09 bits per heavy atom. The Morgan fingerprint density at radius 3 is 2.64 bits per heavy atom. The van der Waals surface area contributed by atoms with Gasteiger partial charge in [0, 0.05) is 6.08 Å². The predicted molar refractivity (Wildman–Crippen MR) is 86.8 cm³/mol. The smallest absolute Gasteiger partial charge is 0.347 e. The summed E-state index contributed by atoms with van der Waals surface area (Å²) in [5.74, 6) is 1.12. The number of hydrogen-bond acceptors (Lipinski definition) is 4. The molecule has 1 heterocycles. The van der Waals surface area contributed by atoms with Crippen LogP contribution in [0.5, 0.6) is 5.75 Å². The molecule has 22 heavy (non-hydrogen) atoms. The van der Waals surface area contributed by atoms with Crippen molar-refractivity contribution >= 4 is 23.1 Å². The summed E-state index contributed by atoms with van der Waals surface area (Å²) in [7, 11) is 0. The second-order valence-electron chi connectivity index (χ2n) is 4.69. The second kappa shape index (κ2) is 6.26. The van der Waals surface area contributed by atoms with Crippen LogP contribution in [0.15, 0.2) is 57.7 Å². The molecule has 0 aliphatic rings. The van der Waals surface area contributed by atoms with E-state index in [0.717, 1.165) is 11.3 Å². The molecule has 4 heteroatoms. The van der Waals surface area contributed by atoms with Crippen LogP contribution in [0.3, 0.4) is 0 Å². The molecular formula is C18H15NO3. The summed E-state index contributed by atoms with van der Waals surface area (Å²) in [5.41, 5.74) is 1.23. The van der Waals surface area contributed by atoms with E-state index in [1.54, 1.807) is 24.3 Å². The molecule has 0 aliphatic heterocycles. The first kappa shape index (κ1) is 14.1. The van der Waals surface area contributed by atoms with Gasteiger partial charge < -0.3 is 9.15 Å². The van der Waals surface area contributed by atoms with E-state index in [1.165, 1.54) is 0 Å². The van der Waals surface area contributed by atoms with E-state index in [2.05, 4.69) is 4.98 Å². The molecule has 0 amide bonds. The van der Waals surface area contributed by atoms with Gasteiger partial charge in [0.25, 0.3) is 0 Å². The molecule has 0 saturated carbocycles. The van der Waals surface area contributed by atoms with E-state index in [9.17, 15) is 4.79 Å². The quantitative estimate of drug-likeness (QED) is 0.735. The van der Waals surface area contributed by atoms with Gasteiger partial charge >= 0.3 is 5.63 Å². The standard InChI is InChI=1S/C18H15NO3/c1-2-21-14-10-7-13(8-11-14)9-12-17-19-16-6-4-3-5-15(16)18(20)22-17/h3-12H,2H2,1H3/b12-9+. The molecule has 3 aromatic rings. The van der Waals surface area contributed by atoms with Crippen molar-refractivity contribution in [3.8, 4) is 5.75 Å². The number of fused-ring (bicyclic) bond motifs is 1. The minimum absolute atomic E-state index is 0.289. The maximum Gasteiger partial charge on any atom is 0.347 e. The van der Waals surface area contributed by atoms with Gasteiger partial charge in [0.2, 0.25) is 5.89 Å². The zero-order valence-electron chi connectivity index (χ0n) is 12.2. The molecule has 0 N–H and O–H groups in total. The number of ether oxygens (including phenoxy) is 1. The number of aromatic nitrogens is 1. The van der Waals surface area contributed by atoms with Crippen LogP contribution >= 0.6 is 0 Å². The summed E-state index contributed by atoms with van der Waals surface area (Å²) >= 11 is 0. The van der Waals surface area contributed by atoms with Crippen LogP contribution in [0, 0.1) is 0 Å². The van der Waals surface area contributed by atoms with Crippen molar-refractivity contribution in [2.75, 3.05) is 6.61 Å². The highest BCUT2D eigenvalue weighted by Crippen LogP contribution is 2.14. The van der Waals surface area contributed by atoms with E-state index in [0.29, 0.717) is 17.5 Å². The maximum absolute atomic E-state index is 11.9. The minimum atomic E-state index is -0.378. The molecule has 0 saturated heterocycles. The zero-order chi connectivity index (χ0) is 15.4. The summed E-state index contributed by atoms with van der Waals surface area (Å²) in [6.45, 7) is 2.59. The molecule has 0 atom stereocenters. The van der Waals surface area contributed by atoms with E-state index >= 15 is 0 Å². The van der Waals surface area contributed by atoms with Crippen LogP contribution < -0.4 is 10.4 Å². The fourth-order valence-electron chi connectivity index (χ4n) is 2.12. The molecule has 4 nitrogen and oxygen atoms in total. The Hall–Kier alpha value is -2.88. The summed E-state index contributed by atoms with van der Waals surface area (Å²) in [5, 5.41) is 0.487. The van der Waals surface area contributed by atoms with Crippen molar-refractivity contribution in [2.45, 2.75) is 6.92 Å². The third kappa shape index (κ3) is 3.06. The van der Waals surface area contributed by atoms with Gasteiger partial charge in [0.15, 0.2) is 0 Å². The highest BCUT2D eigenvalue weighted by Gasteiger charge is 2.02. The van der Waals surface area contributed by atoms with Gasteiger partial charge in [-0.3, -0.25) is 0 Å². The summed E-state index contributed by atoms with van der Waals surface area (Å²) < 4.78 is 10.6. The molecule has 110 valence electrons. The van der Waals surface area contributed by atoms with Gasteiger partial charge in [-0.2, -0.15) is 0 Å². The molecular weight excluding hydrogens is 278 g/mol. The van der Waals surface area contributed by atoms with Crippen LogP contribution in [0.25, 0.3) is 23.1 Å². The highest BCUT2D eigenvalue weighted by molar-refractivity contribution is 5.78. The third-order valence-electron chi connectivity index (χ3n) is 3.16. The maximum atomic E-state index is 11.9. The molecule has 0 aliphatic carbocycles. The average Bonchev–Trinajstić information content (AvgIpc) is 2.55. The molecule has 0 fully saturated rings. The fourth-order valence-corrected chi connectivity index (χ4v) is 2.12. The lowest BCUT2D eigenvalue weighted by Gasteiger charge is -2.02. The van der Waals surface area contributed by atoms with Crippen LogP contribution in [-0.4, -0.2) is 11.6 Å². The monoisotopic (exact) mass is 293 g/mol. The van der Waals surface area contributed by atoms with Crippen molar-refractivity contribution in [2.24, 2.45) is 0 Å². The largest absolute Gasteiger partial charge is 0.494 e. The van der Waals surface area contributed by atoms with Crippen LogP contribution in [0.1, 0.15) is 18.4 Å². The van der Waals surface area contributed by atoms with Crippen molar-refractivity contribution in [1.82, 2.24) is 4.98 Å². The number of nitrogens with zero attached hydrogens (tertiary/aromatic N) is 1. The summed E-state index contributed by atoms with van der Waals surface area (Å²) in [4.78, 5) is 16.2. The number of benzene rings is 2. The Labute approximate surface area is 127 Å². The van der Waals surface area contributed by atoms with Gasteiger partial charge in [-0.25, -0.2) is 9.78 Å². The van der Waals surface area contributed by atoms with Crippen molar-refractivity contribution in [3.05, 3.63) is 70.4 Å². The lowest BCUT2D eigenvalue weighted by atomic mass is 10.2. The Morgan fingerprint density at radius 2 is 1.86 bits per heavy atom. The Kier molecular flexibility index (Phi) is 4.01. The Bertz CT molecular complexity index is 863. The SMILES string of the molecule is CCOc1ccc(/C=C/c2nc3ccccc3c(=O)o2)cc1. The number of rotatable bonds is 4. The van der Waals surface area contributed by atoms with E-state index in [1.807, 2.05) is 43.3 Å². The van der Waals surface area contributed by atoms with Gasteiger partial charge in [0.1, 0.15) is 5.75 Å². The van der Waals surface area contributed by atoms with Crippen LogP contribution in [-0.2, 0) is 0 Å². The lowest BCUT2D eigenvalue weighted by Crippen LogP contribution is -2.02. The second-order valence-corrected chi connectivity index (χ2v) is 4.69. The molecule has 0 radical (unpaired) electrons. The van der Waals surface area contributed by atoms with Crippen molar-refractivity contribution in [3.63, 3.8) is 0 Å². The number of hydrogen-bond donors (Lipinski definition) is 0. The minimum Gasteiger partial charge on any atom is -0.494 e. The first-order chi connectivity index (χ1) is 10.8. The topological polar surface area (TPSA) is 52.3 Å². The summed E-state index contributed by atoms with van der Waals surface area (Å²) in [6.07, 6.45) is 3.53. The summed E-state index contributed by atoms with van der Waals surface area (Å²) in [6, 6.07) is 14.8. The first-order valence-corrected chi connectivity index (χ1v) is 7.07.